The molecule has 0 saturated carbocycles. The molecule has 3 rings (SSSR count). The third-order valence-electron chi connectivity index (χ3n) is 4.21. The molecule has 2 fully saturated rings. The lowest BCUT2D eigenvalue weighted by atomic mass is 10.0. The Morgan fingerprint density at radius 2 is 1.97 bits per heavy atom. The monoisotopic (exact) mass is 448 g/mol. The normalized spacial score (nSPS) is 20.9. The summed E-state index contributed by atoms with van der Waals surface area (Å²) in [6.07, 6.45) is -0.0884. The molecule has 17 nitrogen and oxygen atoms in total. The van der Waals surface area contributed by atoms with Crippen molar-refractivity contribution >= 4 is 34.2 Å². The van der Waals surface area contributed by atoms with E-state index in [-0.39, 0.29) is 25.2 Å². The molecule has 1 aromatic rings. The third-order valence-corrected chi connectivity index (χ3v) is 4.56. The molecule has 0 aliphatic carbocycles. The van der Waals surface area contributed by atoms with Crippen molar-refractivity contribution in [2.45, 2.75) is 37.9 Å². The summed E-state index contributed by atoms with van der Waals surface area (Å²) in [7, 11) is -4.90. The molecule has 1 aromatic heterocycles. The number of amides is 4. The highest BCUT2D eigenvalue weighted by Gasteiger charge is 2.49. The zero-order valence-corrected chi connectivity index (χ0v) is 15.9. The minimum absolute atomic E-state index is 0.00435. The van der Waals surface area contributed by atoms with Crippen molar-refractivity contribution in [1.82, 2.24) is 41.0 Å². The van der Waals surface area contributed by atoms with Crippen LogP contribution in [0.5, 0.6) is 0 Å². The number of carbonyl (C=O) groups excluding carboxylic acids is 3. The van der Waals surface area contributed by atoms with Gasteiger partial charge in [0.2, 0.25) is 0 Å². The fourth-order valence-corrected chi connectivity index (χ4v) is 3.42. The van der Waals surface area contributed by atoms with Crippen LogP contribution in [-0.2, 0) is 42.0 Å². The Morgan fingerprint density at radius 3 is 2.63 bits per heavy atom. The molecule has 2 aliphatic heterocycles. The van der Waals surface area contributed by atoms with Gasteiger partial charge in [-0.25, -0.2) is 4.79 Å². The number of carboxylic acids is 1. The van der Waals surface area contributed by atoms with Crippen LogP contribution >= 0.6 is 0 Å². The van der Waals surface area contributed by atoms with E-state index < -0.39 is 59.3 Å². The lowest BCUT2D eigenvalue weighted by Crippen LogP contribution is -2.54. The van der Waals surface area contributed by atoms with Crippen molar-refractivity contribution in [2.75, 3.05) is 6.54 Å². The number of carboxylic acid groups (broad SMARTS) is 1. The second kappa shape index (κ2) is 8.16. The zero-order chi connectivity index (χ0) is 22.1. The number of urea groups is 1. The number of hydrazine groups is 1. The number of nitrogens with one attached hydrogen (secondary N) is 2. The first-order chi connectivity index (χ1) is 14.0. The molecule has 18 heteroatoms. The predicted octanol–water partition coefficient (Wildman–Crippen LogP) is -3.55. The molecule has 3 heterocycles. The third kappa shape index (κ3) is 4.96. The predicted molar refractivity (Wildman–Crippen MR) is 88.8 cm³/mol. The van der Waals surface area contributed by atoms with Crippen LogP contribution in [0.25, 0.3) is 0 Å². The smallest absolute Gasteiger partial charge is 0.418 e. The van der Waals surface area contributed by atoms with Gasteiger partial charge in [-0.05, 0) is 18.1 Å². The molecule has 0 spiro atoms. The molecule has 2 bridgehead atoms. The Hall–Kier alpha value is -3.38. The van der Waals surface area contributed by atoms with Gasteiger partial charge < -0.3 is 10.0 Å². The molecule has 0 unspecified atom stereocenters. The van der Waals surface area contributed by atoms with Gasteiger partial charge in [0.1, 0.15) is 19.0 Å². The summed E-state index contributed by atoms with van der Waals surface area (Å²) < 4.78 is 34.8. The summed E-state index contributed by atoms with van der Waals surface area (Å²) in [5, 5.41) is 19.8. The van der Waals surface area contributed by atoms with Gasteiger partial charge in [0, 0.05) is 6.54 Å². The lowest BCUT2D eigenvalue weighted by Gasteiger charge is -2.29. The summed E-state index contributed by atoms with van der Waals surface area (Å²) in [6.45, 7) is -0.464. The van der Waals surface area contributed by atoms with E-state index in [9.17, 15) is 27.6 Å². The minimum Gasteiger partial charge on any atom is -0.481 e. The van der Waals surface area contributed by atoms with Gasteiger partial charge in [0.15, 0.2) is 5.82 Å². The number of hydroxylamine groups is 2. The number of rotatable bonds is 7. The Labute approximate surface area is 167 Å². The van der Waals surface area contributed by atoms with Crippen molar-refractivity contribution in [3.8, 4) is 0 Å². The molecule has 4 amide bonds. The number of carbonyl (C=O) groups is 4. The summed E-state index contributed by atoms with van der Waals surface area (Å²) in [5.41, 5.74) is 4.23. The largest absolute Gasteiger partial charge is 0.481 e. The van der Waals surface area contributed by atoms with Crippen LogP contribution in [0.1, 0.15) is 18.7 Å². The summed E-state index contributed by atoms with van der Waals surface area (Å²) in [5.74, 6) is -2.75. The zero-order valence-electron chi connectivity index (χ0n) is 15.0. The van der Waals surface area contributed by atoms with E-state index in [4.69, 9.17) is 9.66 Å². The van der Waals surface area contributed by atoms with Crippen molar-refractivity contribution in [3.05, 3.63) is 5.82 Å². The average molecular weight is 448 g/mol. The fraction of sp³-hybridized carbons (Fsp3) is 0.583. The van der Waals surface area contributed by atoms with Gasteiger partial charge in [-0.1, -0.05) is 0 Å². The van der Waals surface area contributed by atoms with Crippen LogP contribution in [-0.4, -0.2) is 90.7 Å². The number of nitrogens with zero attached hydrogens (tertiary/aromatic N) is 6. The maximum absolute atomic E-state index is 12.3. The highest BCUT2D eigenvalue weighted by atomic mass is 32.3. The molecule has 30 heavy (non-hydrogen) atoms. The molecular formula is C12H16N8O9S. The molecule has 164 valence electrons. The highest BCUT2D eigenvalue weighted by Crippen LogP contribution is 2.30. The molecule has 0 radical (unpaired) electrons. The number of tetrazole rings is 1. The van der Waals surface area contributed by atoms with Gasteiger partial charge in [-0.15, -0.1) is 14.5 Å². The van der Waals surface area contributed by atoms with Crippen LogP contribution in [0.3, 0.4) is 0 Å². The summed E-state index contributed by atoms with van der Waals surface area (Å²) >= 11 is 0. The van der Waals surface area contributed by atoms with Gasteiger partial charge in [0.05, 0.1) is 6.04 Å². The molecule has 2 saturated heterocycles. The standard InChI is InChI=1S/C12H16N8O9S/c21-9(5-19-16-8(13-17-19)3-10(22)23)14-15-11(24)7-2-1-6-4-18(7)12(25)20(6)29-30(26,27)28/h6-7H,1-5H2,(H,14,21)(H,15,24)(H,22,23)(H,26,27,28)/t6-,7+/m1/s1. The van der Waals surface area contributed by atoms with Crippen molar-refractivity contribution in [1.29, 1.82) is 0 Å². The average Bonchev–Trinajstić information content (AvgIpc) is 3.16. The number of aromatic nitrogens is 4. The number of piperidine rings is 1. The summed E-state index contributed by atoms with van der Waals surface area (Å²) in [4.78, 5) is 48.9. The van der Waals surface area contributed by atoms with Crippen LogP contribution < -0.4 is 10.9 Å². The molecule has 0 aromatic carbocycles. The lowest BCUT2D eigenvalue weighted by molar-refractivity contribution is -0.136. The van der Waals surface area contributed by atoms with E-state index in [0.29, 0.717) is 5.06 Å². The maximum atomic E-state index is 12.3. The van der Waals surface area contributed by atoms with Crippen LogP contribution in [0.15, 0.2) is 0 Å². The van der Waals surface area contributed by atoms with Crippen molar-refractivity contribution in [3.63, 3.8) is 0 Å². The quantitative estimate of drug-likeness (QED) is 0.235. The first-order valence-electron chi connectivity index (χ1n) is 8.37. The second-order valence-corrected chi connectivity index (χ2v) is 7.36. The van der Waals surface area contributed by atoms with E-state index in [1.165, 1.54) is 0 Å². The second-order valence-electron chi connectivity index (χ2n) is 6.35. The van der Waals surface area contributed by atoms with E-state index in [0.717, 1.165) is 9.70 Å². The Kier molecular flexibility index (Phi) is 5.80. The number of fused-ring (bicyclic) bond motifs is 2. The van der Waals surface area contributed by atoms with Crippen LogP contribution in [0.2, 0.25) is 0 Å². The number of aliphatic carboxylic acids is 1. The van der Waals surface area contributed by atoms with E-state index in [1.807, 2.05) is 0 Å². The molecule has 4 N–H and O–H groups in total. The summed E-state index contributed by atoms with van der Waals surface area (Å²) in [6, 6.07) is -2.58. The van der Waals surface area contributed by atoms with Crippen LogP contribution in [0.4, 0.5) is 4.79 Å². The minimum atomic E-state index is -4.90. The van der Waals surface area contributed by atoms with Gasteiger partial charge >= 0.3 is 22.4 Å². The van der Waals surface area contributed by atoms with Gasteiger partial charge in [-0.2, -0.15) is 18.3 Å². The molecule has 2 atom stereocenters. The molecule has 2 aliphatic rings. The SMILES string of the molecule is O=C(O)Cc1nnn(CC(=O)NNC(=O)[C@@H]2CC[C@@H]3CN2C(=O)N3OS(=O)(=O)O)n1. The van der Waals surface area contributed by atoms with E-state index >= 15 is 0 Å². The first-order valence-corrected chi connectivity index (χ1v) is 9.74. The number of hydrogen-bond acceptors (Lipinski definition) is 10. The maximum Gasteiger partial charge on any atom is 0.418 e. The Morgan fingerprint density at radius 1 is 1.23 bits per heavy atom. The topological polar surface area (TPSA) is 226 Å². The van der Waals surface area contributed by atoms with Crippen molar-refractivity contribution in [2.24, 2.45) is 0 Å². The van der Waals surface area contributed by atoms with Gasteiger partial charge in [-0.3, -0.25) is 29.8 Å². The fourth-order valence-electron chi connectivity index (χ4n) is 3.04. The first kappa shape index (κ1) is 21.3. The molecular weight excluding hydrogens is 432 g/mol. The highest BCUT2D eigenvalue weighted by molar-refractivity contribution is 7.80. The van der Waals surface area contributed by atoms with Gasteiger partial charge in [0.25, 0.3) is 11.8 Å². The van der Waals surface area contributed by atoms with Crippen LogP contribution in [0, 0.1) is 0 Å². The Balaban J connectivity index is 1.51. The van der Waals surface area contributed by atoms with Crippen molar-refractivity contribution < 1.29 is 41.5 Å². The van der Waals surface area contributed by atoms with E-state index in [1.54, 1.807) is 0 Å². The number of hydrogen-bond donors (Lipinski definition) is 4. The Bertz CT molecular complexity index is 978. The van der Waals surface area contributed by atoms with E-state index in [2.05, 4.69) is 30.5 Å².